The Kier molecular flexibility index (Phi) is 8.35. The molecule has 1 fully saturated rings. The third-order valence-corrected chi connectivity index (χ3v) is 7.59. The van der Waals surface area contributed by atoms with Crippen LogP contribution in [-0.2, 0) is 26.9 Å². The lowest BCUT2D eigenvalue weighted by atomic mass is 10.00. The molecule has 1 aliphatic rings. The Balaban J connectivity index is 1.68. The van der Waals surface area contributed by atoms with Crippen LogP contribution < -0.4 is 19.7 Å². The van der Waals surface area contributed by atoms with Crippen molar-refractivity contribution in [2.45, 2.75) is 31.3 Å². The second-order valence-corrected chi connectivity index (χ2v) is 10.6. The first kappa shape index (κ1) is 29.9. The summed E-state index contributed by atoms with van der Waals surface area (Å²) in [6, 6.07) is 2.10. The lowest BCUT2D eigenvalue weighted by molar-refractivity contribution is -0.274. The number of fused-ring (bicyclic) bond motifs is 1. The number of pyridine rings is 2. The number of likely N-dealkylation sites (tertiary alicyclic amines) is 1. The lowest BCUT2D eigenvalue weighted by Gasteiger charge is -2.28. The zero-order chi connectivity index (χ0) is 30.2. The van der Waals surface area contributed by atoms with E-state index in [1.54, 1.807) is 19.0 Å². The molecule has 12 nitrogen and oxygen atoms in total. The minimum absolute atomic E-state index is 0.00891. The zero-order valence-corrected chi connectivity index (χ0v) is 23.2. The molecule has 0 saturated carbocycles. The highest BCUT2D eigenvalue weighted by Gasteiger charge is 2.43. The molecule has 2 atom stereocenters. The first-order chi connectivity index (χ1) is 19.2. The van der Waals surface area contributed by atoms with Crippen LogP contribution in [0.15, 0.2) is 36.7 Å². The van der Waals surface area contributed by atoms with Gasteiger partial charge in [-0.2, -0.15) is 0 Å². The Morgan fingerprint density at radius 1 is 1.29 bits per heavy atom. The van der Waals surface area contributed by atoms with Crippen molar-refractivity contribution in [3.05, 3.63) is 47.2 Å². The summed E-state index contributed by atoms with van der Waals surface area (Å²) >= 11 is 6.23. The average Bonchev–Trinajstić information content (AvgIpc) is 3.22. The van der Waals surface area contributed by atoms with Crippen molar-refractivity contribution in [3.8, 4) is 5.75 Å². The smallest absolute Gasteiger partial charge is 0.480 e. The van der Waals surface area contributed by atoms with Crippen molar-refractivity contribution in [1.82, 2.24) is 14.9 Å². The summed E-state index contributed by atoms with van der Waals surface area (Å²) in [6.45, 7) is -0.184. The number of nitrogen functional groups attached to an aromatic ring is 1. The van der Waals surface area contributed by atoms with Crippen molar-refractivity contribution < 1.29 is 41.0 Å². The number of carbonyl (C=O) groups excluding carboxylic acids is 1. The van der Waals surface area contributed by atoms with Gasteiger partial charge in [0.25, 0.3) is 0 Å². The number of aromatic nitrogens is 2. The highest BCUT2D eigenvalue weighted by Crippen LogP contribution is 2.35. The summed E-state index contributed by atoms with van der Waals surface area (Å²) in [6.07, 6.45) is -3.23. The van der Waals surface area contributed by atoms with Crippen LogP contribution in [-0.4, -0.2) is 79.4 Å². The van der Waals surface area contributed by atoms with Gasteiger partial charge in [-0.25, -0.2) is 23.2 Å². The van der Waals surface area contributed by atoms with E-state index in [0.29, 0.717) is 11.2 Å². The van der Waals surface area contributed by atoms with Gasteiger partial charge in [0.05, 0.1) is 16.9 Å². The molecule has 1 aromatic carbocycles. The zero-order valence-electron chi connectivity index (χ0n) is 21.5. The summed E-state index contributed by atoms with van der Waals surface area (Å²) in [5.74, 6) is -2.77. The molecule has 220 valence electrons. The number of rotatable bonds is 9. The third-order valence-electron chi connectivity index (χ3n) is 6.45. The highest BCUT2D eigenvalue weighted by molar-refractivity contribution is 7.74. The van der Waals surface area contributed by atoms with E-state index in [1.165, 1.54) is 30.6 Å². The van der Waals surface area contributed by atoms with Crippen molar-refractivity contribution in [3.63, 3.8) is 0 Å². The maximum atomic E-state index is 13.4. The number of hydrogen-bond acceptors (Lipinski definition) is 9. The van der Waals surface area contributed by atoms with Crippen LogP contribution in [0.1, 0.15) is 12.0 Å². The van der Waals surface area contributed by atoms with E-state index in [9.17, 15) is 36.3 Å². The topological polar surface area (TPSA) is 159 Å². The number of carboxylic acid groups (broad SMARTS) is 1. The minimum atomic E-state index is -5.11. The van der Waals surface area contributed by atoms with E-state index < -0.39 is 53.4 Å². The van der Waals surface area contributed by atoms with E-state index in [0.717, 1.165) is 15.3 Å². The fourth-order valence-corrected chi connectivity index (χ4v) is 5.74. The molecule has 0 unspecified atom stereocenters. The van der Waals surface area contributed by atoms with Crippen molar-refractivity contribution in [2.24, 2.45) is 0 Å². The number of benzene rings is 1. The van der Waals surface area contributed by atoms with E-state index >= 15 is 0 Å². The fourth-order valence-electron chi connectivity index (χ4n) is 4.67. The first-order valence-corrected chi connectivity index (χ1v) is 13.4. The number of halogens is 4. The Morgan fingerprint density at radius 2 is 2.00 bits per heavy atom. The van der Waals surface area contributed by atoms with Gasteiger partial charge in [0.2, 0.25) is 16.8 Å². The van der Waals surface area contributed by atoms with Crippen molar-refractivity contribution in [1.29, 1.82) is 0 Å². The van der Waals surface area contributed by atoms with Crippen LogP contribution in [0.2, 0.25) is 5.02 Å². The van der Waals surface area contributed by atoms with Crippen LogP contribution >= 0.6 is 11.6 Å². The van der Waals surface area contributed by atoms with Crippen molar-refractivity contribution in [2.75, 3.05) is 35.6 Å². The summed E-state index contributed by atoms with van der Waals surface area (Å²) in [5, 5.41) is 10.7. The molecule has 0 bridgehead atoms. The van der Waals surface area contributed by atoms with E-state index in [-0.39, 0.29) is 40.4 Å². The van der Waals surface area contributed by atoms with Gasteiger partial charge >= 0.3 is 12.3 Å². The molecule has 1 aliphatic heterocycles. The Hall–Kier alpha value is -4.05. The molecule has 3 aromatic rings. The molecule has 3 heterocycles. The summed E-state index contributed by atoms with van der Waals surface area (Å²) in [7, 11) is -0.0429. The number of nitrogens with zero attached hydrogens (tertiary/aromatic N) is 5. The number of carboxylic acids is 1. The predicted molar refractivity (Wildman–Crippen MR) is 144 cm³/mol. The number of aliphatic carboxylic acids is 1. The molecule has 0 spiro atoms. The Bertz CT molecular complexity index is 1580. The van der Waals surface area contributed by atoms with Crippen LogP contribution in [0.5, 0.6) is 5.75 Å². The van der Waals surface area contributed by atoms with Gasteiger partial charge in [-0.1, -0.05) is 11.6 Å². The molecule has 1 saturated heterocycles. The molecule has 0 aliphatic carbocycles. The largest absolute Gasteiger partial charge is 0.573 e. The van der Waals surface area contributed by atoms with E-state index in [2.05, 4.69) is 14.7 Å². The molecule has 0 radical (unpaired) electrons. The molecule has 4 rings (SSSR count). The van der Waals surface area contributed by atoms with Gasteiger partial charge < -0.3 is 25.4 Å². The fraction of sp³-hybridized carbons (Fsp3) is 0.333. The summed E-state index contributed by atoms with van der Waals surface area (Å²) < 4.78 is 69.1. The Labute approximate surface area is 238 Å². The standard InChI is InChI=1S/C24H24ClF3N6O6S/c1-32(2)21-16(25)9-14(11-31-21)34(41(38)39)17-4-6-33(22(17)35)18(23(36)37)8-13-7-12-3-5-30-20(29)15(12)10-19(13)40-24(26,27)28/h3,5,7,9-11,17-18,41H,4,6,8H2,1-2H3,(H2,29,30)(H,36,37)/t17-,18+/m0/s1. The third kappa shape index (κ3) is 6.32. The van der Waals surface area contributed by atoms with Gasteiger partial charge in [-0.05, 0) is 41.6 Å². The summed E-state index contributed by atoms with van der Waals surface area (Å²) in [5.41, 5.74) is 5.62. The number of carbonyl (C=O) groups is 2. The number of ether oxygens (including phenoxy) is 1. The maximum Gasteiger partial charge on any atom is 0.573 e. The lowest BCUT2D eigenvalue weighted by Crippen LogP contribution is -2.48. The number of amides is 1. The predicted octanol–water partition coefficient (Wildman–Crippen LogP) is 2.46. The molecule has 3 N–H and O–H groups in total. The molecular formula is C24H24ClF3N6O6S. The SMILES string of the molecule is CN(C)c1ncc(N([C@H]2CCN([C@H](Cc3cc4ccnc(N)c4cc3OC(F)(F)F)C(=O)O)C2=O)[SH](=O)=O)cc1Cl. The minimum Gasteiger partial charge on any atom is -0.480 e. The normalized spacial score (nSPS) is 16.3. The molecule has 41 heavy (non-hydrogen) atoms. The van der Waals surface area contributed by atoms with Crippen LogP contribution in [0.25, 0.3) is 10.8 Å². The second-order valence-electron chi connectivity index (χ2n) is 9.30. The maximum absolute atomic E-state index is 13.4. The Morgan fingerprint density at radius 3 is 2.59 bits per heavy atom. The van der Waals surface area contributed by atoms with Gasteiger partial charge in [-0.3, -0.25) is 9.10 Å². The van der Waals surface area contributed by atoms with E-state index in [4.69, 9.17) is 17.3 Å². The monoisotopic (exact) mass is 616 g/mol. The number of thiol groups is 1. The van der Waals surface area contributed by atoms with Gasteiger partial charge in [-0.15, -0.1) is 13.2 Å². The van der Waals surface area contributed by atoms with Crippen LogP contribution in [0, 0.1) is 0 Å². The van der Waals surface area contributed by atoms with E-state index in [1.807, 2.05) is 0 Å². The van der Waals surface area contributed by atoms with Gasteiger partial charge in [0.15, 0.2) is 0 Å². The van der Waals surface area contributed by atoms with Gasteiger partial charge in [0.1, 0.15) is 29.5 Å². The molecule has 2 aromatic heterocycles. The molecule has 17 heteroatoms. The molecular weight excluding hydrogens is 593 g/mol. The number of alkyl halides is 3. The number of nitrogens with two attached hydrogens (primary N) is 1. The van der Waals surface area contributed by atoms with Crippen LogP contribution in [0.3, 0.4) is 0 Å². The van der Waals surface area contributed by atoms with Gasteiger partial charge in [0, 0.05) is 38.6 Å². The van der Waals surface area contributed by atoms with Crippen molar-refractivity contribution >= 4 is 62.5 Å². The average molecular weight is 617 g/mol. The highest BCUT2D eigenvalue weighted by atomic mass is 35.5. The number of anilines is 3. The van der Waals surface area contributed by atoms with Crippen LogP contribution in [0.4, 0.5) is 30.5 Å². The quantitative estimate of drug-likeness (QED) is 0.305. The number of hydrogen-bond donors (Lipinski definition) is 3. The first-order valence-electron chi connectivity index (χ1n) is 11.9. The summed E-state index contributed by atoms with van der Waals surface area (Å²) in [4.78, 5) is 36.3. The second kappa shape index (κ2) is 11.4. The molecule has 1 amide bonds.